The zero-order valence-corrected chi connectivity index (χ0v) is 20.7. The van der Waals surface area contributed by atoms with Crippen molar-refractivity contribution < 1.29 is 27.5 Å². The number of hydrogen-bond donors (Lipinski definition) is 2. The first kappa shape index (κ1) is 24.3. The molecule has 36 heavy (non-hydrogen) atoms. The Hall–Kier alpha value is -3.39. The molecule has 1 amide bonds. The van der Waals surface area contributed by atoms with E-state index in [0.29, 0.717) is 53.3 Å². The Bertz CT molecular complexity index is 1450. The smallest absolute Gasteiger partial charge is 0.339 e. The number of anilines is 1. The number of benzene rings is 1. The number of ether oxygens (including phenoxy) is 2. The number of carbonyl (C=O) groups is 2. The number of aryl methyl sites for hydroxylation is 1. The van der Waals surface area contributed by atoms with Crippen molar-refractivity contribution in [2.75, 3.05) is 51.8 Å². The summed E-state index contributed by atoms with van der Waals surface area (Å²) in [5.41, 5.74) is 2.71. The monoisotopic (exact) mass is 514 g/mol. The Kier molecular flexibility index (Phi) is 6.47. The van der Waals surface area contributed by atoms with Crippen LogP contribution in [-0.2, 0) is 24.3 Å². The van der Waals surface area contributed by atoms with Gasteiger partial charge in [-0.15, -0.1) is 0 Å². The molecule has 12 nitrogen and oxygen atoms in total. The fourth-order valence-electron chi connectivity index (χ4n) is 4.64. The van der Waals surface area contributed by atoms with Crippen molar-refractivity contribution in [3.63, 3.8) is 0 Å². The van der Waals surface area contributed by atoms with Crippen LogP contribution in [0.1, 0.15) is 33.1 Å². The molecule has 13 heteroatoms. The Morgan fingerprint density at radius 1 is 1.31 bits per heavy atom. The summed E-state index contributed by atoms with van der Waals surface area (Å²) in [6.45, 7) is 5.36. The molecule has 2 aromatic heterocycles. The van der Waals surface area contributed by atoms with Gasteiger partial charge in [-0.2, -0.15) is 5.10 Å². The molecule has 0 saturated carbocycles. The lowest BCUT2D eigenvalue weighted by Gasteiger charge is -2.26. The van der Waals surface area contributed by atoms with Gasteiger partial charge in [-0.3, -0.25) is 9.69 Å². The molecule has 190 valence electrons. The van der Waals surface area contributed by atoms with Crippen molar-refractivity contribution in [3.8, 4) is 0 Å². The number of sulfonamides is 1. The number of methoxy groups -OCH3 is 1. The van der Waals surface area contributed by atoms with Gasteiger partial charge in [0, 0.05) is 38.1 Å². The molecule has 2 N–H and O–H groups in total. The third-order valence-electron chi connectivity index (χ3n) is 6.52. The molecule has 2 aliphatic heterocycles. The van der Waals surface area contributed by atoms with Gasteiger partial charge in [-0.25, -0.2) is 27.4 Å². The lowest BCUT2D eigenvalue weighted by molar-refractivity contribution is -0.116. The lowest BCUT2D eigenvalue weighted by Crippen LogP contribution is -2.41. The third-order valence-corrected chi connectivity index (χ3v) is 7.98. The normalized spacial score (nSPS) is 18.3. The highest BCUT2D eigenvalue weighted by Crippen LogP contribution is 2.40. The predicted octanol–water partition coefficient (Wildman–Crippen LogP) is 0.519. The topological polar surface area (TPSA) is 144 Å². The first-order valence-corrected chi connectivity index (χ1v) is 12.9. The molecule has 5 rings (SSSR count). The maximum absolute atomic E-state index is 13.0. The zero-order chi connectivity index (χ0) is 25.4. The Balaban J connectivity index is 1.46. The Labute approximate surface area is 207 Å². The fraction of sp³-hybridized carbons (Fsp3) is 0.391. The van der Waals surface area contributed by atoms with Gasteiger partial charge in [-0.05, 0) is 36.2 Å². The standard InChI is InChI=1S/C23H26N6O6S/c1-14-17(23(31)34-2)12-29-21(14)20(24-13-25-29)19-16-11-15(3-4-18(16)27-22(19)30)36(32,33)26-5-6-28-7-9-35-10-8-28/h3-4,11-13,19,26H,5-10H2,1-2H3,(H,27,30). The number of rotatable bonds is 7. The van der Waals surface area contributed by atoms with E-state index in [0.717, 1.165) is 13.1 Å². The van der Waals surface area contributed by atoms with Gasteiger partial charge in [0.05, 0.1) is 42.0 Å². The zero-order valence-electron chi connectivity index (χ0n) is 19.9. The van der Waals surface area contributed by atoms with E-state index in [4.69, 9.17) is 9.47 Å². The SMILES string of the molecule is COC(=O)c1cn2ncnc(C3C(=O)Nc4ccc(S(=O)(=O)NCCN5CCOCC5)cc43)c2c1C. The number of morpholine rings is 1. The molecule has 3 aromatic rings. The van der Waals surface area contributed by atoms with Crippen molar-refractivity contribution >= 4 is 33.1 Å². The molecule has 1 atom stereocenters. The Morgan fingerprint density at radius 2 is 2.08 bits per heavy atom. The van der Waals surface area contributed by atoms with E-state index in [1.807, 2.05) is 0 Å². The number of nitrogens with zero attached hydrogens (tertiary/aromatic N) is 4. The quantitative estimate of drug-likeness (QED) is 0.431. The molecule has 4 heterocycles. The second kappa shape index (κ2) is 9.58. The van der Waals surface area contributed by atoms with Gasteiger partial charge in [-0.1, -0.05) is 0 Å². The fourth-order valence-corrected chi connectivity index (χ4v) is 5.70. The van der Waals surface area contributed by atoms with E-state index in [-0.39, 0.29) is 17.3 Å². The van der Waals surface area contributed by atoms with Crippen molar-refractivity contribution in [3.05, 3.63) is 53.1 Å². The van der Waals surface area contributed by atoms with E-state index < -0.39 is 21.9 Å². The molecule has 1 saturated heterocycles. The number of fused-ring (bicyclic) bond motifs is 2. The second-order valence-electron chi connectivity index (χ2n) is 8.62. The van der Waals surface area contributed by atoms with Crippen LogP contribution in [0.2, 0.25) is 0 Å². The predicted molar refractivity (Wildman–Crippen MR) is 128 cm³/mol. The first-order valence-electron chi connectivity index (χ1n) is 11.5. The molecule has 0 radical (unpaired) electrons. The molecule has 2 aliphatic rings. The molecule has 1 aromatic carbocycles. The number of amides is 1. The highest BCUT2D eigenvalue weighted by atomic mass is 32.2. The van der Waals surface area contributed by atoms with Crippen LogP contribution in [0.25, 0.3) is 5.52 Å². The molecular weight excluding hydrogens is 488 g/mol. The van der Waals surface area contributed by atoms with Crippen LogP contribution in [-0.4, -0.2) is 86.3 Å². The minimum Gasteiger partial charge on any atom is -0.465 e. The number of esters is 1. The van der Waals surface area contributed by atoms with E-state index in [2.05, 4.69) is 25.0 Å². The highest BCUT2D eigenvalue weighted by Gasteiger charge is 2.36. The molecule has 0 aliphatic carbocycles. The average Bonchev–Trinajstić information content (AvgIpc) is 3.39. The summed E-state index contributed by atoms with van der Waals surface area (Å²) < 4.78 is 40.4. The summed E-state index contributed by atoms with van der Waals surface area (Å²) in [5, 5.41) is 6.97. The van der Waals surface area contributed by atoms with E-state index in [9.17, 15) is 18.0 Å². The summed E-state index contributed by atoms with van der Waals surface area (Å²) in [7, 11) is -2.53. The number of hydrogen-bond acceptors (Lipinski definition) is 9. The molecule has 0 bridgehead atoms. The van der Waals surface area contributed by atoms with Gasteiger partial charge in [0.15, 0.2) is 0 Å². The molecule has 1 unspecified atom stereocenters. The number of aromatic nitrogens is 3. The summed E-state index contributed by atoms with van der Waals surface area (Å²) in [6, 6.07) is 4.53. The van der Waals surface area contributed by atoms with E-state index in [1.54, 1.807) is 13.0 Å². The van der Waals surface area contributed by atoms with Crippen molar-refractivity contribution in [1.29, 1.82) is 0 Å². The molecule has 1 fully saturated rings. The number of carbonyl (C=O) groups excluding carboxylic acids is 2. The molecule has 0 spiro atoms. The third kappa shape index (κ3) is 4.34. The lowest BCUT2D eigenvalue weighted by atomic mass is 9.95. The summed E-state index contributed by atoms with van der Waals surface area (Å²) in [4.78, 5) is 31.8. The van der Waals surface area contributed by atoms with Crippen LogP contribution in [0.4, 0.5) is 5.69 Å². The van der Waals surface area contributed by atoms with Gasteiger partial charge in [0.1, 0.15) is 12.2 Å². The average molecular weight is 515 g/mol. The first-order chi connectivity index (χ1) is 17.3. The molecular formula is C23H26N6O6S. The van der Waals surface area contributed by atoms with Crippen molar-refractivity contribution in [2.45, 2.75) is 17.7 Å². The van der Waals surface area contributed by atoms with Gasteiger partial charge < -0.3 is 14.8 Å². The van der Waals surface area contributed by atoms with Crippen LogP contribution in [0.5, 0.6) is 0 Å². The minimum atomic E-state index is -3.81. The number of nitrogens with one attached hydrogen (secondary N) is 2. The maximum atomic E-state index is 13.0. The minimum absolute atomic E-state index is 0.0529. The van der Waals surface area contributed by atoms with E-state index in [1.165, 1.54) is 36.3 Å². The van der Waals surface area contributed by atoms with E-state index >= 15 is 0 Å². The summed E-state index contributed by atoms with van der Waals surface area (Å²) >= 11 is 0. The highest BCUT2D eigenvalue weighted by molar-refractivity contribution is 7.89. The van der Waals surface area contributed by atoms with Gasteiger partial charge >= 0.3 is 5.97 Å². The van der Waals surface area contributed by atoms with Crippen LogP contribution in [0, 0.1) is 6.92 Å². The second-order valence-corrected chi connectivity index (χ2v) is 10.4. The van der Waals surface area contributed by atoms with Crippen LogP contribution >= 0.6 is 0 Å². The van der Waals surface area contributed by atoms with Crippen molar-refractivity contribution in [2.24, 2.45) is 0 Å². The van der Waals surface area contributed by atoms with Crippen molar-refractivity contribution in [1.82, 2.24) is 24.2 Å². The van der Waals surface area contributed by atoms with Gasteiger partial charge in [0.25, 0.3) is 0 Å². The maximum Gasteiger partial charge on any atom is 0.339 e. The summed E-state index contributed by atoms with van der Waals surface area (Å²) in [5.74, 6) is -1.76. The largest absolute Gasteiger partial charge is 0.465 e. The van der Waals surface area contributed by atoms with Crippen LogP contribution in [0.3, 0.4) is 0 Å². The van der Waals surface area contributed by atoms with Crippen LogP contribution in [0.15, 0.2) is 35.6 Å². The van der Waals surface area contributed by atoms with Crippen LogP contribution < -0.4 is 10.0 Å². The Morgan fingerprint density at radius 3 is 2.83 bits per heavy atom. The summed E-state index contributed by atoms with van der Waals surface area (Å²) in [6.07, 6.45) is 2.82. The van der Waals surface area contributed by atoms with Gasteiger partial charge in [0.2, 0.25) is 15.9 Å².